The van der Waals surface area contributed by atoms with Crippen molar-refractivity contribution in [2.24, 2.45) is 0 Å². The first-order valence-corrected chi connectivity index (χ1v) is 10.6. The van der Waals surface area contributed by atoms with Crippen LogP contribution in [0.2, 0.25) is 0 Å². The van der Waals surface area contributed by atoms with E-state index in [4.69, 9.17) is 9.47 Å². The third-order valence-electron chi connectivity index (χ3n) is 6.15. The van der Waals surface area contributed by atoms with Gasteiger partial charge in [0.25, 0.3) is 0 Å². The van der Waals surface area contributed by atoms with Crippen molar-refractivity contribution in [3.63, 3.8) is 0 Å². The van der Waals surface area contributed by atoms with Gasteiger partial charge < -0.3 is 34.3 Å². The van der Waals surface area contributed by atoms with Crippen LogP contribution in [0.25, 0.3) is 22.8 Å². The second-order valence-electron chi connectivity index (χ2n) is 8.12. The number of allylic oxidation sites excluding steroid dienone is 4. The molecule has 0 saturated carbocycles. The molecule has 0 amide bonds. The van der Waals surface area contributed by atoms with Gasteiger partial charge >= 0.3 is 26.2 Å². The Bertz CT molecular complexity index is 1500. The Balaban J connectivity index is 0.00000136. The van der Waals surface area contributed by atoms with Crippen LogP contribution in [0, 0.1) is 10.4 Å². The second-order valence-corrected chi connectivity index (χ2v) is 8.12. The summed E-state index contributed by atoms with van der Waals surface area (Å²) in [5.74, 6) is 1.51. The minimum Gasteiger partial charge on any atom is -1.00 e. The van der Waals surface area contributed by atoms with Gasteiger partial charge in [0, 0.05) is 5.56 Å². The summed E-state index contributed by atoms with van der Waals surface area (Å²) in [6.45, 7) is 4.37. The molecule has 1 radical (unpaired) electrons. The summed E-state index contributed by atoms with van der Waals surface area (Å²) in [6.07, 6.45) is 9.04. The van der Waals surface area contributed by atoms with E-state index in [2.05, 4.69) is 74.5 Å². The Morgan fingerprint density at radius 2 is 1.62 bits per heavy atom. The Morgan fingerprint density at radius 3 is 2.32 bits per heavy atom. The fourth-order valence-corrected chi connectivity index (χ4v) is 4.74. The number of halogens is 2. The van der Waals surface area contributed by atoms with E-state index >= 15 is 0 Å². The predicted molar refractivity (Wildman–Crippen MR) is 127 cm³/mol. The van der Waals surface area contributed by atoms with Crippen molar-refractivity contribution in [2.45, 2.75) is 20.3 Å². The molecular weight excluding hydrogens is 542 g/mol. The third kappa shape index (κ3) is 4.59. The molecule has 0 bridgehead atoms. The monoisotopic (exact) mass is 565 g/mol. The fourth-order valence-electron chi connectivity index (χ4n) is 4.74. The first-order valence-electron chi connectivity index (χ1n) is 10.6. The maximum Gasteiger partial charge on any atom is 3.00 e. The van der Waals surface area contributed by atoms with Crippen molar-refractivity contribution in [1.29, 1.82) is 0 Å². The smallest absolute Gasteiger partial charge is 1.00 e. The van der Waals surface area contributed by atoms with Gasteiger partial charge in [0.15, 0.2) is 11.5 Å². The van der Waals surface area contributed by atoms with E-state index in [9.17, 15) is 0 Å². The van der Waals surface area contributed by atoms with Crippen molar-refractivity contribution >= 4 is 22.8 Å². The zero-order valence-electron chi connectivity index (χ0n) is 19.6. The summed E-state index contributed by atoms with van der Waals surface area (Å²) >= 11 is 0. The van der Waals surface area contributed by atoms with Crippen LogP contribution in [-0.4, -0.2) is 14.2 Å². The van der Waals surface area contributed by atoms with Gasteiger partial charge in [0.1, 0.15) is 0 Å². The average Bonchev–Trinajstić information content (AvgIpc) is 3.42. The molecule has 5 rings (SSSR count). The molecular formula is C29H25Cl2O2Zr. The molecule has 2 aliphatic carbocycles. The fraction of sp³-hybridized carbons (Fsp3) is 0.172. The number of hydrogen-bond donors (Lipinski definition) is 0. The van der Waals surface area contributed by atoms with E-state index in [0.717, 1.165) is 28.7 Å². The van der Waals surface area contributed by atoms with Crippen molar-refractivity contribution in [1.82, 2.24) is 0 Å². The molecule has 5 heteroatoms. The summed E-state index contributed by atoms with van der Waals surface area (Å²) in [7, 11) is 3.38. The van der Waals surface area contributed by atoms with Crippen LogP contribution >= 0.6 is 0 Å². The summed E-state index contributed by atoms with van der Waals surface area (Å²) in [4.78, 5) is 0. The first kappa shape index (κ1) is 28.2. The molecule has 3 aromatic rings. The maximum absolute atomic E-state index is 5.77. The molecule has 0 aromatic heterocycles. The van der Waals surface area contributed by atoms with Crippen LogP contribution in [-0.2, 0) is 26.2 Å². The zero-order chi connectivity index (χ0) is 21.5. The molecule has 0 fully saturated rings. The number of rotatable bonds is 4. The summed E-state index contributed by atoms with van der Waals surface area (Å²) in [6, 6.07) is 19.1. The molecule has 0 saturated heterocycles. The average molecular weight is 568 g/mol. The van der Waals surface area contributed by atoms with Gasteiger partial charge in [-0.05, 0) is 31.9 Å². The van der Waals surface area contributed by atoms with Gasteiger partial charge in [0.05, 0.1) is 14.2 Å². The molecule has 34 heavy (non-hydrogen) atoms. The van der Waals surface area contributed by atoms with Gasteiger partial charge in [-0.15, -0.1) is 33.4 Å². The largest absolute Gasteiger partial charge is 3.00 e. The maximum atomic E-state index is 5.77. The number of para-hydroxylation sites is 1. The second kappa shape index (κ2) is 11.6. The molecule has 0 spiro atoms. The standard InChI is InChI=1S/C29H25O2.2ClH.Zr/c1-18(2)20-15-16-23-21-10-6-5-9-19(21)17-26(23)28(20)24-12-7-11-22(24)25-13-8-14-27(30-3)29(25)31-4;;;/h5-11,13-16H,12H2,1-4H3;2*1H;/q-1;;;+3/p-2. The molecule has 2 nitrogen and oxygen atoms in total. The first-order chi connectivity index (χ1) is 15.1. The van der Waals surface area contributed by atoms with Crippen molar-refractivity contribution in [2.75, 3.05) is 14.2 Å². The van der Waals surface area contributed by atoms with Gasteiger partial charge in [-0.3, -0.25) is 0 Å². The van der Waals surface area contributed by atoms with Crippen LogP contribution in [0.1, 0.15) is 37.0 Å². The molecule has 0 atom stereocenters. The normalized spacial score (nSPS) is 12.5. The van der Waals surface area contributed by atoms with E-state index in [1.165, 1.54) is 43.5 Å². The van der Waals surface area contributed by atoms with Gasteiger partial charge in [0.2, 0.25) is 0 Å². The summed E-state index contributed by atoms with van der Waals surface area (Å²) in [5.41, 5.74) is 7.31. The zero-order valence-corrected chi connectivity index (χ0v) is 23.6. The molecule has 0 aliphatic heterocycles. The molecule has 0 N–H and O–H groups in total. The molecule has 0 heterocycles. The van der Waals surface area contributed by atoms with Crippen LogP contribution < -0.4 is 44.7 Å². The van der Waals surface area contributed by atoms with Crippen LogP contribution in [0.15, 0.2) is 66.7 Å². The van der Waals surface area contributed by atoms with E-state index < -0.39 is 0 Å². The molecule has 0 unspecified atom stereocenters. The number of ether oxygens (including phenoxy) is 2. The van der Waals surface area contributed by atoms with Crippen molar-refractivity contribution < 1.29 is 60.5 Å². The van der Waals surface area contributed by atoms with Gasteiger partial charge in [-0.2, -0.15) is 0 Å². The minimum atomic E-state index is 0. The topological polar surface area (TPSA) is 18.5 Å². The Hall–Kier alpha value is -2.06. The van der Waals surface area contributed by atoms with E-state index in [-0.39, 0.29) is 51.0 Å². The summed E-state index contributed by atoms with van der Waals surface area (Å²) in [5, 5.41) is 4.95. The molecule has 171 valence electrons. The van der Waals surface area contributed by atoms with Crippen molar-refractivity contribution in [3.8, 4) is 11.5 Å². The van der Waals surface area contributed by atoms with Crippen LogP contribution in [0.3, 0.4) is 0 Å². The number of hydrogen-bond acceptors (Lipinski definition) is 2. The van der Waals surface area contributed by atoms with Gasteiger partial charge in [-0.25, -0.2) is 0 Å². The quantitative estimate of drug-likeness (QED) is 0.297. The predicted octanol–water partition coefficient (Wildman–Crippen LogP) is -0.923. The number of benzene rings is 3. The summed E-state index contributed by atoms with van der Waals surface area (Å²) < 4.78 is 11.3. The van der Waals surface area contributed by atoms with E-state index in [1.807, 2.05) is 12.1 Å². The third-order valence-corrected chi connectivity index (χ3v) is 6.15. The Labute approximate surface area is 232 Å². The van der Waals surface area contributed by atoms with E-state index in [0.29, 0.717) is 0 Å². The molecule has 3 aromatic carbocycles. The Kier molecular flexibility index (Phi) is 9.60. The van der Waals surface area contributed by atoms with E-state index in [1.54, 1.807) is 14.2 Å². The molecule has 2 aliphatic rings. The number of fused-ring (bicyclic) bond motifs is 2. The minimum absolute atomic E-state index is 0. The number of methoxy groups -OCH3 is 2. The Morgan fingerprint density at radius 1 is 0.853 bits per heavy atom. The SMILES string of the molecule is COc1cccc(C2=C(c3c4c(ccc3=C(C)C)=c3ccccc3=[C-]4)CC=C2)c1OC.[Cl-].[Cl-].[Zr+3]. The van der Waals surface area contributed by atoms with Crippen LogP contribution in [0.5, 0.6) is 11.5 Å². The van der Waals surface area contributed by atoms with Crippen molar-refractivity contribution in [3.05, 3.63) is 104 Å². The van der Waals surface area contributed by atoms with Gasteiger partial charge in [-0.1, -0.05) is 76.5 Å². The van der Waals surface area contributed by atoms with Crippen LogP contribution in [0.4, 0.5) is 0 Å².